The van der Waals surface area contributed by atoms with Gasteiger partial charge in [0.25, 0.3) is 0 Å². The number of thiazole rings is 1. The van der Waals surface area contributed by atoms with Crippen molar-refractivity contribution in [2.45, 2.75) is 6.54 Å². The first-order valence-electron chi connectivity index (χ1n) is 3.33. The molecule has 1 aromatic rings. The Morgan fingerprint density at radius 2 is 2.45 bits per heavy atom. The van der Waals surface area contributed by atoms with Crippen molar-refractivity contribution in [1.82, 2.24) is 4.57 Å². The number of nitrogens with two attached hydrogens (primary N) is 1. The summed E-state index contributed by atoms with van der Waals surface area (Å²) in [4.78, 5) is 11.0. The Bertz CT molecular complexity index is 287. The maximum atomic E-state index is 10.9. The topological polar surface area (TPSA) is 48.0 Å². The molecule has 0 unspecified atom stereocenters. The summed E-state index contributed by atoms with van der Waals surface area (Å²) in [6, 6.07) is 0. The van der Waals surface area contributed by atoms with Crippen LogP contribution in [0.25, 0.3) is 0 Å². The number of hydrogen-bond acceptors (Lipinski definition) is 3. The van der Waals surface area contributed by atoms with Crippen LogP contribution in [0.1, 0.15) is 0 Å². The van der Waals surface area contributed by atoms with Gasteiger partial charge in [-0.15, -0.1) is 0 Å². The minimum atomic E-state index is 0.0756. The van der Waals surface area contributed by atoms with E-state index < -0.39 is 0 Å². The smallest absolute Gasteiger partial charge is 0.307 e. The molecule has 1 aromatic heterocycles. The lowest BCUT2D eigenvalue weighted by molar-refractivity contribution is 0.804. The molecule has 2 N–H and O–H groups in total. The zero-order valence-electron chi connectivity index (χ0n) is 6.06. The van der Waals surface area contributed by atoms with E-state index in [1.807, 2.05) is 12.2 Å². The Balaban J connectivity index is 2.58. The minimum Gasteiger partial charge on any atom is -0.327 e. The van der Waals surface area contributed by atoms with E-state index in [4.69, 9.17) is 5.73 Å². The van der Waals surface area contributed by atoms with Crippen molar-refractivity contribution in [2.24, 2.45) is 5.73 Å². The van der Waals surface area contributed by atoms with E-state index in [1.54, 1.807) is 16.1 Å². The van der Waals surface area contributed by atoms with Gasteiger partial charge in [0, 0.05) is 24.7 Å². The number of aromatic nitrogens is 1. The average Bonchev–Trinajstić information content (AvgIpc) is 2.37. The van der Waals surface area contributed by atoms with E-state index in [0.717, 1.165) is 0 Å². The third-order valence-corrected chi connectivity index (χ3v) is 1.94. The quantitative estimate of drug-likeness (QED) is 0.668. The van der Waals surface area contributed by atoms with Gasteiger partial charge in [0.1, 0.15) is 0 Å². The maximum absolute atomic E-state index is 10.9. The van der Waals surface area contributed by atoms with Crippen molar-refractivity contribution < 1.29 is 0 Å². The number of allylic oxidation sites excluding steroid dienone is 1. The van der Waals surface area contributed by atoms with Crippen LogP contribution >= 0.6 is 11.3 Å². The predicted molar refractivity (Wildman–Crippen MR) is 46.8 cm³/mol. The lowest BCUT2D eigenvalue weighted by atomic mass is 10.5. The summed E-state index contributed by atoms with van der Waals surface area (Å²) in [6.07, 6.45) is 5.49. The summed E-state index contributed by atoms with van der Waals surface area (Å²) in [5.41, 5.74) is 5.23. The van der Waals surface area contributed by atoms with Crippen LogP contribution in [0.3, 0.4) is 0 Å². The molecule has 0 spiro atoms. The summed E-state index contributed by atoms with van der Waals surface area (Å²) in [6.45, 7) is 1.15. The molecule has 0 bridgehead atoms. The molecule has 0 aromatic carbocycles. The zero-order valence-corrected chi connectivity index (χ0v) is 6.88. The molecule has 0 aliphatic carbocycles. The third kappa shape index (κ3) is 2.32. The van der Waals surface area contributed by atoms with Gasteiger partial charge in [-0.05, 0) is 0 Å². The van der Waals surface area contributed by atoms with E-state index in [0.29, 0.717) is 13.1 Å². The van der Waals surface area contributed by atoms with E-state index in [1.165, 1.54) is 11.3 Å². The molecule has 0 aliphatic heterocycles. The minimum absolute atomic E-state index is 0.0756. The average molecular weight is 170 g/mol. The largest absolute Gasteiger partial charge is 0.327 e. The maximum Gasteiger partial charge on any atom is 0.307 e. The number of hydrogen-bond donors (Lipinski definition) is 1. The SMILES string of the molecule is NC/C=C/Cn1ccsc1=O. The molecule has 0 amide bonds. The zero-order chi connectivity index (χ0) is 8.10. The van der Waals surface area contributed by atoms with Crippen LogP contribution in [0, 0.1) is 0 Å². The Hall–Kier alpha value is -0.870. The second-order valence-corrected chi connectivity index (χ2v) is 2.89. The highest BCUT2D eigenvalue weighted by molar-refractivity contribution is 7.07. The first kappa shape index (κ1) is 8.23. The van der Waals surface area contributed by atoms with Gasteiger partial charge < -0.3 is 10.3 Å². The van der Waals surface area contributed by atoms with Crippen molar-refractivity contribution in [3.8, 4) is 0 Å². The number of nitrogens with zero attached hydrogens (tertiary/aromatic N) is 1. The van der Waals surface area contributed by atoms with Gasteiger partial charge in [0.15, 0.2) is 0 Å². The van der Waals surface area contributed by atoms with Crippen molar-refractivity contribution in [3.63, 3.8) is 0 Å². The fourth-order valence-corrected chi connectivity index (χ4v) is 1.31. The van der Waals surface area contributed by atoms with Crippen molar-refractivity contribution in [2.75, 3.05) is 6.54 Å². The van der Waals surface area contributed by atoms with Crippen molar-refractivity contribution in [3.05, 3.63) is 33.4 Å². The van der Waals surface area contributed by atoms with E-state index in [9.17, 15) is 4.79 Å². The Kier molecular flexibility index (Phi) is 3.07. The lowest BCUT2D eigenvalue weighted by Gasteiger charge is -1.91. The summed E-state index contributed by atoms with van der Waals surface area (Å²) in [5.74, 6) is 0. The Labute approximate surface area is 68.8 Å². The standard InChI is InChI=1S/C7H10N2OS/c8-3-1-2-4-9-5-6-11-7(9)10/h1-2,5-6H,3-4,8H2/b2-1+. The first-order valence-corrected chi connectivity index (χ1v) is 4.21. The normalized spacial score (nSPS) is 11.0. The molecular formula is C7H10N2OS. The fraction of sp³-hybridized carbons (Fsp3) is 0.286. The van der Waals surface area contributed by atoms with Crippen LogP contribution in [0.5, 0.6) is 0 Å². The molecule has 0 fully saturated rings. The van der Waals surface area contributed by atoms with Gasteiger partial charge in [0.2, 0.25) is 0 Å². The molecule has 1 rings (SSSR count). The summed E-state index contributed by atoms with van der Waals surface area (Å²) in [5, 5.41) is 1.78. The van der Waals surface area contributed by atoms with Gasteiger partial charge in [-0.1, -0.05) is 23.5 Å². The molecule has 60 valence electrons. The molecule has 4 heteroatoms. The van der Waals surface area contributed by atoms with Crippen LogP contribution in [-0.2, 0) is 6.54 Å². The predicted octanol–water partition coefficient (Wildman–Crippen LogP) is 0.425. The highest BCUT2D eigenvalue weighted by atomic mass is 32.1. The lowest BCUT2D eigenvalue weighted by Crippen LogP contribution is -2.10. The second kappa shape index (κ2) is 4.10. The Morgan fingerprint density at radius 3 is 3.00 bits per heavy atom. The van der Waals surface area contributed by atoms with E-state index in [2.05, 4.69) is 0 Å². The van der Waals surface area contributed by atoms with Crippen LogP contribution < -0.4 is 10.6 Å². The van der Waals surface area contributed by atoms with Crippen molar-refractivity contribution in [1.29, 1.82) is 0 Å². The summed E-state index contributed by atoms with van der Waals surface area (Å²) in [7, 11) is 0. The molecule has 0 aliphatic rings. The van der Waals surface area contributed by atoms with Crippen LogP contribution in [-0.4, -0.2) is 11.1 Å². The molecule has 3 nitrogen and oxygen atoms in total. The monoisotopic (exact) mass is 170 g/mol. The molecule has 1 heterocycles. The van der Waals surface area contributed by atoms with Gasteiger partial charge in [0.05, 0.1) is 0 Å². The number of rotatable bonds is 3. The van der Waals surface area contributed by atoms with Gasteiger partial charge in [-0.25, -0.2) is 0 Å². The van der Waals surface area contributed by atoms with Gasteiger partial charge >= 0.3 is 4.87 Å². The molecule has 0 saturated heterocycles. The fourth-order valence-electron chi connectivity index (χ4n) is 0.710. The summed E-state index contributed by atoms with van der Waals surface area (Å²) < 4.78 is 1.64. The molecule has 11 heavy (non-hydrogen) atoms. The van der Waals surface area contributed by atoms with Crippen molar-refractivity contribution >= 4 is 11.3 Å². The molecule has 0 radical (unpaired) electrons. The van der Waals surface area contributed by atoms with Crippen LogP contribution in [0.4, 0.5) is 0 Å². The highest BCUT2D eigenvalue weighted by Gasteiger charge is 1.90. The van der Waals surface area contributed by atoms with Gasteiger partial charge in [-0.3, -0.25) is 4.79 Å². The van der Waals surface area contributed by atoms with E-state index >= 15 is 0 Å². The van der Waals surface area contributed by atoms with Crippen LogP contribution in [0.15, 0.2) is 28.5 Å². The molecule has 0 saturated carbocycles. The molecule has 0 atom stereocenters. The first-order chi connectivity index (χ1) is 5.34. The van der Waals surface area contributed by atoms with Gasteiger partial charge in [-0.2, -0.15) is 0 Å². The van der Waals surface area contributed by atoms with Crippen LogP contribution in [0.2, 0.25) is 0 Å². The van der Waals surface area contributed by atoms with E-state index in [-0.39, 0.29) is 4.87 Å². The third-order valence-electron chi connectivity index (χ3n) is 1.25. The summed E-state index contributed by atoms with van der Waals surface area (Å²) >= 11 is 1.20. The highest BCUT2D eigenvalue weighted by Crippen LogP contribution is 1.88. The molecular weight excluding hydrogens is 160 g/mol. The second-order valence-electron chi connectivity index (χ2n) is 2.03. The Morgan fingerprint density at radius 1 is 1.64 bits per heavy atom.